The summed E-state index contributed by atoms with van der Waals surface area (Å²) >= 11 is 1.61. The number of hydrogen-bond acceptors (Lipinski definition) is 6. The fraction of sp³-hybridized carbons (Fsp3) is 0.474. The number of para-hydroxylation sites is 1. The van der Waals surface area contributed by atoms with Crippen LogP contribution in [-0.2, 0) is 6.61 Å². The summed E-state index contributed by atoms with van der Waals surface area (Å²) in [6.07, 6.45) is 0. The average molecular weight is 375 g/mol. The molecule has 2 heterocycles. The Hall–Kier alpha value is -1.96. The first kappa shape index (κ1) is 18.8. The van der Waals surface area contributed by atoms with Crippen LogP contribution in [0.2, 0.25) is 0 Å². The zero-order valence-electron chi connectivity index (χ0n) is 15.5. The maximum Gasteiger partial charge on any atom is 0.275 e. The van der Waals surface area contributed by atoms with Crippen molar-refractivity contribution in [2.24, 2.45) is 0 Å². The van der Waals surface area contributed by atoms with Gasteiger partial charge in [-0.15, -0.1) is 11.3 Å². The number of rotatable bonds is 5. The third-order valence-electron chi connectivity index (χ3n) is 4.59. The summed E-state index contributed by atoms with van der Waals surface area (Å²) in [6.45, 7) is 7.91. The fourth-order valence-electron chi connectivity index (χ4n) is 2.97. The lowest BCUT2D eigenvalue weighted by molar-refractivity contribution is 0.102. The second kappa shape index (κ2) is 8.16. The number of carbonyl (C=O) groups is 1. The van der Waals surface area contributed by atoms with Gasteiger partial charge in [0, 0.05) is 42.3 Å². The van der Waals surface area contributed by atoms with E-state index in [1.54, 1.807) is 23.5 Å². The van der Waals surface area contributed by atoms with E-state index in [9.17, 15) is 9.90 Å². The molecule has 1 amide bonds. The highest BCUT2D eigenvalue weighted by atomic mass is 32.1. The van der Waals surface area contributed by atoms with Crippen LogP contribution in [0.5, 0.6) is 0 Å². The van der Waals surface area contributed by atoms with Crippen LogP contribution < -0.4 is 10.2 Å². The first-order valence-electron chi connectivity index (χ1n) is 8.94. The third-order valence-corrected chi connectivity index (χ3v) is 6.01. The number of anilines is 2. The van der Waals surface area contributed by atoms with E-state index in [1.807, 2.05) is 12.1 Å². The van der Waals surface area contributed by atoms with Gasteiger partial charge in [0.05, 0.1) is 6.61 Å². The number of likely N-dealkylation sites (N-methyl/N-ethyl adjacent to an activating group) is 1. The Morgan fingerprint density at radius 1 is 1.27 bits per heavy atom. The minimum absolute atomic E-state index is 0.114. The number of thiazole rings is 1. The first-order valence-corrected chi connectivity index (χ1v) is 9.75. The van der Waals surface area contributed by atoms with Crippen LogP contribution in [-0.4, -0.2) is 54.1 Å². The van der Waals surface area contributed by atoms with Crippen molar-refractivity contribution in [2.75, 3.05) is 43.4 Å². The Balaban J connectivity index is 1.85. The van der Waals surface area contributed by atoms with Crippen molar-refractivity contribution in [3.8, 4) is 0 Å². The number of carbonyl (C=O) groups excluding carboxylic acids is 1. The molecular formula is C19H26N4O2S. The number of hydrogen-bond donors (Lipinski definition) is 2. The Kier molecular flexibility index (Phi) is 5.90. The molecule has 1 aliphatic rings. The van der Waals surface area contributed by atoms with Crippen LogP contribution in [0.1, 0.15) is 40.7 Å². The molecule has 1 saturated heterocycles. The van der Waals surface area contributed by atoms with Crippen molar-refractivity contribution in [3.05, 3.63) is 40.4 Å². The molecule has 3 rings (SSSR count). The van der Waals surface area contributed by atoms with E-state index in [4.69, 9.17) is 0 Å². The van der Waals surface area contributed by atoms with Crippen LogP contribution in [0.15, 0.2) is 24.3 Å². The van der Waals surface area contributed by atoms with Gasteiger partial charge >= 0.3 is 0 Å². The number of aliphatic hydroxyl groups excluding tert-OH is 1. The molecule has 2 aromatic rings. The lowest BCUT2D eigenvalue weighted by Gasteiger charge is -2.32. The lowest BCUT2D eigenvalue weighted by atomic mass is 10.1. The van der Waals surface area contributed by atoms with Gasteiger partial charge in [-0.05, 0) is 19.0 Å². The van der Waals surface area contributed by atoms with Crippen molar-refractivity contribution in [2.45, 2.75) is 26.4 Å². The van der Waals surface area contributed by atoms with Crippen LogP contribution in [0.3, 0.4) is 0 Å². The standard InChI is InChI=1S/C19H26N4O2S/c1-13(2)17-16(18(25)20-15-7-5-4-6-14(15)12-24)21-19(26-17)23-10-8-22(3)9-11-23/h4-7,13,24H,8-12H2,1-3H3,(H,20,25). The normalized spacial score (nSPS) is 15.5. The van der Waals surface area contributed by atoms with Gasteiger partial charge in [0.15, 0.2) is 5.13 Å². The van der Waals surface area contributed by atoms with Crippen molar-refractivity contribution in [1.82, 2.24) is 9.88 Å². The zero-order chi connectivity index (χ0) is 18.7. The van der Waals surface area contributed by atoms with E-state index in [-0.39, 0.29) is 18.4 Å². The highest BCUT2D eigenvalue weighted by Crippen LogP contribution is 2.33. The Bertz CT molecular complexity index is 767. The largest absolute Gasteiger partial charge is 0.392 e. The maximum absolute atomic E-state index is 12.9. The monoisotopic (exact) mass is 374 g/mol. The number of aromatic nitrogens is 1. The zero-order valence-corrected chi connectivity index (χ0v) is 16.3. The Morgan fingerprint density at radius 2 is 1.96 bits per heavy atom. The highest BCUT2D eigenvalue weighted by Gasteiger charge is 2.25. The van der Waals surface area contributed by atoms with Crippen LogP contribution >= 0.6 is 11.3 Å². The van der Waals surface area contributed by atoms with Gasteiger partial charge < -0.3 is 20.2 Å². The van der Waals surface area contributed by atoms with E-state index >= 15 is 0 Å². The van der Waals surface area contributed by atoms with E-state index < -0.39 is 0 Å². The molecule has 1 aromatic carbocycles. The summed E-state index contributed by atoms with van der Waals surface area (Å²) in [5.41, 5.74) is 1.82. The topological polar surface area (TPSA) is 68.7 Å². The SMILES string of the molecule is CC(C)c1sc(N2CCN(C)CC2)nc1C(=O)Nc1ccccc1CO. The van der Waals surface area contributed by atoms with Gasteiger partial charge in [0.25, 0.3) is 5.91 Å². The fourth-order valence-corrected chi connectivity index (χ4v) is 4.08. The van der Waals surface area contributed by atoms with Gasteiger partial charge in [-0.1, -0.05) is 32.0 Å². The smallest absolute Gasteiger partial charge is 0.275 e. The quantitative estimate of drug-likeness (QED) is 0.842. The molecule has 0 unspecified atom stereocenters. The maximum atomic E-state index is 12.9. The number of aliphatic hydroxyl groups is 1. The second-order valence-corrected chi connectivity index (χ2v) is 7.93. The van der Waals surface area contributed by atoms with Crippen LogP contribution in [0.4, 0.5) is 10.8 Å². The molecule has 1 aliphatic heterocycles. The molecule has 1 fully saturated rings. The summed E-state index contributed by atoms with van der Waals surface area (Å²) in [5, 5.41) is 13.3. The summed E-state index contributed by atoms with van der Waals surface area (Å²) in [6, 6.07) is 7.28. The van der Waals surface area contributed by atoms with Crippen LogP contribution in [0, 0.1) is 0 Å². The van der Waals surface area contributed by atoms with Crippen LogP contribution in [0.25, 0.3) is 0 Å². The summed E-state index contributed by atoms with van der Waals surface area (Å²) in [4.78, 5) is 23.1. The molecule has 2 N–H and O–H groups in total. The molecule has 0 spiro atoms. The number of amides is 1. The van der Waals surface area contributed by atoms with E-state index in [0.29, 0.717) is 16.9 Å². The van der Waals surface area contributed by atoms with Crippen molar-refractivity contribution in [3.63, 3.8) is 0 Å². The van der Waals surface area contributed by atoms with E-state index in [1.165, 1.54) is 0 Å². The summed E-state index contributed by atoms with van der Waals surface area (Å²) in [7, 11) is 2.12. The van der Waals surface area contributed by atoms with Gasteiger partial charge in [-0.25, -0.2) is 4.98 Å². The molecule has 0 bridgehead atoms. The summed E-state index contributed by atoms with van der Waals surface area (Å²) in [5.74, 6) is 0.00813. The molecule has 6 nitrogen and oxygen atoms in total. The van der Waals surface area contributed by atoms with Gasteiger partial charge in [0.2, 0.25) is 0 Å². The van der Waals surface area contributed by atoms with Gasteiger partial charge in [-0.2, -0.15) is 0 Å². The molecule has 0 aliphatic carbocycles. The molecular weight excluding hydrogens is 348 g/mol. The Morgan fingerprint density at radius 3 is 2.62 bits per heavy atom. The Labute approximate surface area is 158 Å². The highest BCUT2D eigenvalue weighted by molar-refractivity contribution is 7.16. The molecule has 7 heteroatoms. The molecule has 140 valence electrons. The molecule has 0 saturated carbocycles. The molecule has 26 heavy (non-hydrogen) atoms. The molecule has 0 radical (unpaired) electrons. The predicted octanol–water partition coefficient (Wildman–Crippen LogP) is 2.76. The molecule has 1 aromatic heterocycles. The third kappa shape index (κ3) is 4.06. The van der Waals surface area contributed by atoms with Crippen molar-refractivity contribution in [1.29, 1.82) is 0 Å². The minimum atomic E-state index is -0.216. The van der Waals surface area contributed by atoms with E-state index in [0.717, 1.165) is 36.2 Å². The number of benzene rings is 1. The summed E-state index contributed by atoms with van der Waals surface area (Å²) < 4.78 is 0. The van der Waals surface area contributed by atoms with E-state index in [2.05, 4.69) is 41.0 Å². The number of piperazine rings is 1. The average Bonchev–Trinajstić information content (AvgIpc) is 3.08. The lowest BCUT2D eigenvalue weighted by Crippen LogP contribution is -2.44. The first-order chi connectivity index (χ1) is 12.5. The second-order valence-electron chi connectivity index (χ2n) is 6.92. The van der Waals surface area contributed by atoms with Gasteiger partial charge in [0.1, 0.15) is 5.69 Å². The molecule has 0 atom stereocenters. The van der Waals surface area contributed by atoms with Crippen molar-refractivity contribution < 1.29 is 9.90 Å². The predicted molar refractivity (Wildman–Crippen MR) is 106 cm³/mol. The number of nitrogens with zero attached hydrogens (tertiary/aromatic N) is 3. The van der Waals surface area contributed by atoms with Gasteiger partial charge in [-0.3, -0.25) is 4.79 Å². The minimum Gasteiger partial charge on any atom is -0.392 e. The van der Waals surface area contributed by atoms with Crippen molar-refractivity contribution >= 4 is 28.1 Å². The number of nitrogens with one attached hydrogen (secondary N) is 1.